The van der Waals surface area contributed by atoms with Crippen LogP contribution in [0.25, 0.3) is 0 Å². The SMILES string of the molecule is CC1CCC2(CC1)COC(CC(=O)O)CN2. The van der Waals surface area contributed by atoms with E-state index in [0.717, 1.165) is 18.8 Å². The first-order valence-electron chi connectivity index (χ1n) is 6.18. The molecule has 1 heterocycles. The predicted molar refractivity (Wildman–Crippen MR) is 60.4 cm³/mol. The molecule has 4 heteroatoms. The van der Waals surface area contributed by atoms with E-state index in [0.29, 0.717) is 13.2 Å². The maximum absolute atomic E-state index is 10.6. The lowest BCUT2D eigenvalue weighted by Crippen LogP contribution is -2.58. The van der Waals surface area contributed by atoms with Crippen molar-refractivity contribution in [3.63, 3.8) is 0 Å². The van der Waals surface area contributed by atoms with Crippen LogP contribution in [0.1, 0.15) is 39.0 Å². The van der Waals surface area contributed by atoms with Crippen LogP contribution in [-0.2, 0) is 9.53 Å². The van der Waals surface area contributed by atoms with Gasteiger partial charge in [-0.2, -0.15) is 0 Å². The highest BCUT2D eigenvalue weighted by molar-refractivity contribution is 5.67. The number of carboxylic acids is 1. The normalized spacial score (nSPS) is 39.8. The maximum Gasteiger partial charge on any atom is 0.306 e. The predicted octanol–water partition coefficient (Wildman–Crippen LogP) is 1.40. The van der Waals surface area contributed by atoms with Gasteiger partial charge < -0.3 is 15.2 Å². The van der Waals surface area contributed by atoms with Crippen LogP contribution in [0.5, 0.6) is 0 Å². The summed E-state index contributed by atoms with van der Waals surface area (Å²) in [6.45, 7) is 3.65. The van der Waals surface area contributed by atoms with Gasteiger partial charge in [0, 0.05) is 12.1 Å². The van der Waals surface area contributed by atoms with Crippen molar-refractivity contribution in [3.05, 3.63) is 0 Å². The van der Waals surface area contributed by atoms with Crippen molar-refractivity contribution in [2.24, 2.45) is 5.92 Å². The Morgan fingerprint density at radius 2 is 2.19 bits per heavy atom. The van der Waals surface area contributed by atoms with Crippen LogP contribution in [0, 0.1) is 5.92 Å². The molecular weight excluding hydrogens is 206 g/mol. The van der Waals surface area contributed by atoms with E-state index in [1.54, 1.807) is 0 Å². The van der Waals surface area contributed by atoms with E-state index in [9.17, 15) is 4.79 Å². The first-order valence-corrected chi connectivity index (χ1v) is 6.18. The van der Waals surface area contributed by atoms with Crippen molar-refractivity contribution in [3.8, 4) is 0 Å². The van der Waals surface area contributed by atoms with Gasteiger partial charge in [0.2, 0.25) is 0 Å². The number of carboxylic acid groups (broad SMARTS) is 1. The van der Waals surface area contributed by atoms with Crippen molar-refractivity contribution in [1.82, 2.24) is 5.32 Å². The molecule has 16 heavy (non-hydrogen) atoms. The lowest BCUT2D eigenvalue weighted by Gasteiger charge is -2.44. The number of hydrogen-bond donors (Lipinski definition) is 2. The summed E-state index contributed by atoms with van der Waals surface area (Å²) in [6, 6.07) is 0. The molecule has 0 amide bonds. The molecule has 1 saturated heterocycles. The average molecular weight is 227 g/mol. The molecule has 1 atom stereocenters. The van der Waals surface area contributed by atoms with Crippen molar-refractivity contribution >= 4 is 5.97 Å². The van der Waals surface area contributed by atoms with E-state index in [2.05, 4.69) is 12.2 Å². The van der Waals surface area contributed by atoms with Gasteiger partial charge in [0.1, 0.15) is 0 Å². The summed E-state index contributed by atoms with van der Waals surface area (Å²) in [5.41, 5.74) is 0.140. The third kappa shape index (κ3) is 2.74. The molecule has 0 aromatic carbocycles. The van der Waals surface area contributed by atoms with Gasteiger partial charge in [0.05, 0.1) is 19.1 Å². The van der Waals surface area contributed by atoms with Crippen LogP contribution in [-0.4, -0.2) is 35.9 Å². The molecule has 1 aliphatic carbocycles. The van der Waals surface area contributed by atoms with Gasteiger partial charge in [-0.25, -0.2) is 0 Å². The largest absolute Gasteiger partial charge is 0.481 e. The molecular formula is C12H21NO3. The fourth-order valence-electron chi connectivity index (χ4n) is 2.68. The Labute approximate surface area is 96.4 Å². The van der Waals surface area contributed by atoms with E-state index >= 15 is 0 Å². The number of nitrogens with one attached hydrogen (secondary N) is 1. The van der Waals surface area contributed by atoms with Crippen LogP contribution >= 0.6 is 0 Å². The molecule has 1 aliphatic heterocycles. The Morgan fingerprint density at radius 3 is 2.69 bits per heavy atom. The first-order chi connectivity index (χ1) is 7.60. The zero-order valence-electron chi connectivity index (χ0n) is 9.87. The average Bonchev–Trinajstić information content (AvgIpc) is 2.26. The summed E-state index contributed by atoms with van der Waals surface area (Å²) in [4.78, 5) is 10.6. The van der Waals surface area contributed by atoms with E-state index in [4.69, 9.17) is 9.84 Å². The monoisotopic (exact) mass is 227 g/mol. The van der Waals surface area contributed by atoms with Crippen molar-refractivity contribution in [2.75, 3.05) is 13.2 Å². The molecule has 4 nitrogen and oxygen atoms in total. The molecule has 92 valence electrons. The highest BCUT2D eigenvalue weighted by Crippen LogP contribution is 2.34. The Kier molecular flexibility index (Phi) is 3.50. The first kappa shape index (κ1) is 11.9. The minimum Gasteiger partial charge on any atom is -0.481 e. The fraction of sp³-hybridized carbons (Fsp3) is 0.917. The molecule has 2 rings (SSSR count). The zero-order chi connectivity index (χ0) is 11.6. The third-order valence-electron chi connectivity index (χ3n) is 3.93. The topological polar surface area (TPSA) is 58.6 Å². The standard InChI is InChI=1S/C12H21NO3/c1-9-2-4-12(5-3-9)8-16-10(7-13-12)6-11(14)15/h9-10,13H,2-8H2,1H3,(H,14,15). The van der Waals surface area contributed by atoms with E-state index in [1.807, 2.05) is 0 Å². The van der Waals surface area contributed by atoms with Crippen LogP contribution in [0.15, 0.2) is 0 Å². The fourth-order valence-corrected chi connectivity index (χ4v) is 2.68. The number of hydrogen-bond acceptors (Lipinski definition) is 3. The Hall–Kier alpha value is -0.610. The quantitative estimate of drug-likeness (QED) is 0.748. The van der Waals surface area contributed by atoms with Crippen molar-refractivity contribution < 1.29 is 14.6 Å². The van der Waals surface area contributed by atoms with Crippen LogP contribution < -0.4 is 5.32 Å². The lowest BCUT2D eigenvalue weighted by molar-refractivity contribution is -0.142. The number of rotatable bonds is 2. The van der Waals surface area contributed by atoms with Gasteiger partial charge in [-0.15, -0.1) is 0 Å². The summed E-state index contributed by atoms with van der Waals surface area (Å²) < 4.78 is 5.67. The zero-order valence-corrected chi connectivity index (χ0v) is 9.87. The van der Waals surface area contributed by atoms with Gasteiger partial charge in [0.15, 0.2) is 0 Å². The molecule has 2 fully saturated rings. The van der Waals surface area contributed by atoms with Crippen molar-refractivity contribution in [2.45, 2.75) is 50.7 Å². The molecule has 1 saturated carbocycles. The summed E-state index contributed by atoms with van der Waals surface area (Å²) in [6.07, 6.45) is 4.78. The molecule has 2 N–H and O–H groups in total. The van der Waals surface area contributed by atoms with Crippen LogP contribution in [0.2, 0.25) is 0 Å². The third-order valence-corrected chi connectivity index (χ3v) is 3.93. The summed E-state index contributed by atoms with van der Waals surface area (Å²) in [5.74, 6) is 0.0455. The number of morpholine rings is 1. The number of ether oxygens (including phenoxy) is 1. The Balaban J connectivity index is 1.82. The number of carbonyl (C=O) groups is 1. The lowest BCUT2D eigenvalue weighted by atomic mass is 9.77. The van der Waals surface area contributed by atoms with Gasteiger partial charge in [-0.1, -0.05) is 6.92 Å². The minimum atomic E-state index is -0.778. The Bertz CT molecular complexity index is 249. The van der Waals surface area contributed by atoms with E-state index < -0.39 is 5.97 Å². The summed E-state index contributed by atoms with van der Waals surface area (Å²) in [5, 5.41) is 12.2. The van der Waals surface area contributed by atoms with E-state index in [1.165, 1.54) is 12.8 Å². The number of aliphatic carboxylic acids is 1. The van der Waals surface area contributed by atoms with Crippen LogP contribution in [0.4, 0.5) is 0 Å². The maximum atomic E-state index is 10.6. The van der Waals surface area contributed by atoms with Crippen molar-refractivity contribution in [1.29, 1.82) is 0 Å². The Morgan fingerprint density at radius 1 is 1.50 bits per heavy atom. The van der Waals surface area contributed by atoms with E-state index in [-0.39, 0.29) is 18.1 Å². The highest BCUT2D eigenvalue weighted by atomic mass is 16.5. The molecule has 1 unspecified atom stereocenters. The minimum absolute atomic E-state index is 0.111. The molecule has 1 spiro atoms. The molecule has 0 aromatic rings. The van der Waals surface area contributed by atoms with Gasteiger partial charge >= 0.3 is 5.97 Å². The second-order valence-corrected chi connectivity index (χ2v) is 5.37. The molecule has 0 radical (unpaired) electrons. The summed E-state index contributed by atoms with van der Waals surface area (Å²) >= 11 is 0. The summed E-state index contributed by atoms with van der Waals surface area (Å²) in [7, 11) is 0. The highest BCUT2D eigenvalue weighted by Gasteiger charge is 2.38. The van der Waals surface area contributed by atoms with Crippen LogP contribution in [0.3, 0.4) is 0 Å². The van der Waals surface area contributed by atoms with Gasteiger partial charge in [-0.3, -0.25) is 4.79 Å². The van der Waals surface area contributed by atoms with Gasteiger partial charge in [-0.05, 0) is 31.6 Å². The molecule has 2 aliphatic rings. The smallest absolute Gasteiger partial charge is 0.306 e. The molecule has 0 aromatic heterocycles. The second-order valence-electron chi connectivity index (χ2n) is 5.37. The van der Waals surface area contributed by atoms with Gasteiger partial charge in [0.25, 0.3) is 0 Å². The second kappa shape index (κ2) is 4.72. The molecule has 0 bridgehead atoms.